The molecule has 0 saturated heterocycles. The summed E-state index contributed by atoms with van der Waals surface area (Å²) in [6.07, 6.45) is 28.6. The van der Waals surface area contributed by atoms with Gasteiger partial charge in [0.15, 0.2) is 0 Å². The largest absolute Gasteiger partial charge is 0.550 e. The lowest BCUT2D eigenvalue weighted by atomic mass is 10.0. The minimum atomic E-state index is -1.19. The van der Waals surface area contributed by atoms with E-state index in [9.17, 15) is 29.7 Å². The number of aliphatic carboxylic acids is 3. The van der Waals surface area contributed by atoms with Crippen LogP contribution < -0.4 is 5.11 Å². The van der Waals surface area contributed by atoms with Crippen molar-refractivity contribution in [2.24, 2.45) is 17.8 Å². The number of carbonyl (C=O) groups is 3. The Hall–Kier alpha value is -1.89. The highest BCUT2D eigenvalue weighted by atomic mass is 16.4. The van der Waals surface area contributed by atoms with Crippen molar-refractivity contribution in [3.05, 3.63) is 12.2 Å². The minimum absolute atomic E-state index is 0.172. The van der Waals surface area contributed by atoms with E-state index in [1.54, 1.807) is 20.8 Å². The fraction of sp³-hybridized carbons (Fsp3) is 0.857. The van der Waals surface area contributed by atoms with Crippen molar-refractivity contribution in [2.75, 3.05) is 26.2 Å². The van der Waals surface area contributed by atoms with Crippen LogP contribution in [0.25, 0.3) is 0 Å². The predicted octanol–water partition coefficient (Wildman–Crippen LogP) is 7.62. The maximum absolute atomic E-state index is 11.6. The number of carboxylic acids is 3. The molecular weight excluding hydrogens is 530 g/mol. The monoisotopic (exact) mass is 595 g/mol. The molecule has 7 nitrogen and oxygen atoms in total. The zero-order valence-corrected chi connectivity index (χ0v) is 27.6. The van der Waals surface area contributed by atoms with Crippen LogP contribution in [0.1, 0.15) is 150 Å². The van der Waals surface area contributed by atoms with Gasteiger partial charge >= 0.3 is 11.9 Å². The molecule has 0 bridgehead atoms. The van der Waals surface area contributed by atoms with Crippen LogP contribution in [-0.4, -0.2) is 58.8 Å². The molecule has 0 aliphatic heterocycles. The second kappa shape index (κ2) is 25.6. The number of unbranched alkanes of at least 4 members (excludes halogenated alkanes) is 17. The zero-order chi connectivity index (χ0) is 31.6. The number of quaternary nitrogens is 1. The van der Waals surface area contributed by atoms with Crippen molar-refractivity contribution in [3.63, 3.8) is 0 Å². The van der Waals surface area contributed by atoms with E-state index in [0.29, 0.717) is 6.54 Å². The topological polar surface area (TPSA) is 115 Å². The van der Waals surface area contributed by atoms with Crippen molar-refractivity contribution in [2.45, 2.75) is 150 Å². The maximum atomic E-state index is 11.6. The van der Waals surface area contributed by atoms with Crippen LogP contribution in [-0.2, 0) is 14.4 Å². The highest BCUT2D eigenvalue weighted by Crippen LogP contribution is 2.22. The van der Waals surface area contributed by atoms with Crippen molar-refractivity contribution < 1.29 is 34.2 Å². The van der Waals surface area contributed by atoms with Crippen molar-refractivity contribution >= 4 is 17.9 Å². The number of carboxylic acid groups (broad SMARTS) is 3. The van der Waals surface area contributed by atoms with Gasteiger partial charge in [-0.1, -0.05) is 109 Å². The van der Waals surface area contributed by atoms with Gasteiger partial charge in [-0.3, -0.25) is 9.59 Å². The Balaban J connectivity index is 4.24. The summed E-state index contributed by atoms with van der Waals surface area (Å²) in [5, 5.41) is 30.6. The van der Waals surface area contributed by atoms with Gasteiger partial charge in [-0.05, 0) is 52.4 Å². The second-order valence-electron chi connectivity index (χ2n) is 13.0. The van der Waals surface area contributed by atoms with Gasteiger partial charge in [-0.2, -0.15) is 0 Å². The average Bonchev–Trinajstić information content (AvgIpc) is 2.93. The molecule has 0 aromatic rings. The summed E-state index contributed by atoms with van der Waals surface area (Å²) >= 11 is 0. The van der Waals surface area contributed by atoms with Crippen LogP contribution in [0.2, 0.25) is 0 Å². The molecule has 42 heavy (non-hydrogen) atoms. The average molecular weight is 596 g/mol. The van der Waals surface area contributed by atoms with Gasteiger partial charge in [-0.25, -0.2) is 0 Å². The first kappa shape index (κ1) is 40.1. The summed E-state index contributed by atoms with van der Waals surface area (Å²) in [6.45, 7) is 8.20. The molecule has 0 heterocycles. The zero-order valence-electron chi connectivity index (χ0n) is 27.6. The van der Waals surface area contributed by atoms with Crippen molar-refractivity contribution in [3.8, 4) is 0 Å². The highest BCUT2D eigenvalue weighted by molar-refractivity contribution is 5.70. The molecule has 0 aromatic carbocycles. The molecule has 0 aliphatic carbocycles. The SMILES string of the molecule is CCCCCCCCCCCCCCCC/C=C/CCCCC[N+](CC(C)C(=O)[O-])(CC(C)C(=O)O)CC(C)C(=O)O. The molecular formula is C35H65NO6. The van der Waals surface area contributed by atoms with Crippen molar-refractivity contribution in [1.82, 2.24) is 0 Å². The Labute approximate surface area is 257 Å². The van der Waals surface area contributed by atoms with Crippen LogP contribution in [0.4, 0.5) is 0 Å². The summed E-state index contributed by atoms with van der Waals surface area (Å²) in [7, 11) is 0. The van der Waals surface area contributed by atoms with Crippen LogP contribution in [0.15, 0.2) is 12.2 Å². The van der Waals surface area contributed by atoms with E-state index < -0.39 is 35.7 Å². The number of hydrogen-bond acceptors (Lipinski definition) is 4. The molecule has 246 valence electrons. The van der Waals surface area contributed by atoms with Gasteiger partial charge in [0.1, 0.15) is 11.8 Å². The van der Waals surface area contributed by atoms with Gasteiger partial charge in [0.2, 0.25) is 0 Å². The quantitative estimate of drug-likeness (QED) is 0.0501. The molecule has 0 fully saturated rings. The minimum Gasteiger partial charge on any atom is -0.550 e. The molecule has 0 rings (SSSR count). The van der Waals surface area contributed by atoms with Gasteiger partial charge in [0.05, 0.1) is 26.2 Å². The molecule has 0 saturated carbocycles. The van der Waals surface area contributed by atoms with Gasteiger partial charge in [0.25, 0.3) is 0 Å². The Morgan fingerprint density at radius 3 is 1.26 bits per heavy atom. The van der Waals surface area contributed by atoms with Crippen LogP contribution in [0, 0.1) is 17.8 Å². The standard InChI is InChI=1S/C35H65NO6/c1-5-6-7-8-9-10-11-12-13-14-15-16-17-18-19-20-21-22-23-24-25-26-36(27-30(2)33(37)38,28-31(3)34(39)40)29-32(4)35(41)42/h20-21,30-32H,5-19,22-29H2,1-4H3,(H2-,37,38,39,40,41,42)/b21-20+. The maximum Gasteiger partial charge on any atom is 0.311 e. The predicted molar refractivity (Wildman–Crippen MR) is 170 cm³/mol. The molecule has 0 amide bonds. The van der Waals surface area contributed by atoms with E-state index in [1.807, 2.05) is 0 Å². The number of allylic oxidation sites excluding steroid dienone is 2. The van der Waals surface area contributed by atoms with E-state index >= 15 is 0 Å². The van der Waals surface area contributed by atoms with Crippen molar-refractivity contribution in [1.29, 1.82) is 0 Å². The Bertz CT molecular complexity index is 682. The Morgan fingerprint density at radius 1 is 0.571 bits per heavy atom. The lowest BCUT2D eigenvalue weighted by Crippen LogP contribution is -2.58. The normalized spacial score (nSPS) is 15.3. The number of nitrogens with zero attached hydrogens (tertiary/aromatic N) is 1. The molecule has 2 N–H and O–H groups in total. The van der Waals surface area contributed by atoms with E-state index in [2.05, 4.69) is 19.1 Å². The van der Waals surface area contributed by atoms with E-state index in [1.165, 1.54) is 89.9 Å². The van der Waals surface area contributed by atoms with Gasteiger partial charge in [-0.15, -0.1) is 0 Å². The van der Waals surface area contributed by atoms with E-state index in [0.717, 1.165) is 32.1 Å². The molecule has 0 spiro atoms. The number of hydrogen-bond donors (Lipinski definition) is 2. The third kappa shape index (κ3) is 21.8. The molecule has 3 unspecified atom stereocenters. The van der Waals surface area contributed by atoms with Crippen LogP contribution >= 0.6 is 0 Å². The molecule has 3 atom stereocenters. The summed E-state index contributed by atoms with van der Waals surface area (Å²) in [5.41, 5.74) is 0. The summed E-state index contributed by atoms with van der Waals surface area (Å²) < 4.78 is 0.172. The summed E-state index contributed by atoms with van der Waals surface area (Å²) in [5.74, 6) is -5.27. The molecule has 7 heteroatoms. The third-order valence-electron chi connectivity index (χ3n) is 8.62. The first-order chi connectivity index (χ1) is 20.0. The fourth-order valence-electron chi connectivity index (χ4n) is 6.05. The molecule has 0 aromatic heterocycles. The number of carbonyl (C=O) groups excluding carboxylic acids is 1. The first-order valence-electron chi connectivity index (χ1n) is 17.2. The summed E-state index contributed by atoms with van der Waals surface area (Å²) in [6, 6.07) is 0. The smallest absolute Gasteiger partial charge is 0.311 e. The van der Waals surface area contributed by atoms with E-state index in [4.69, 9.17) is 0 Å². The third-order valence-corrected chi connectivity index (χ3v) is 8.62. The Kier molecular flexibility index (Phi) is 24.4. The van der Waals surface area contributed by atoms with Gasteiger partial charge < -0.3 is 24.6 Å². The fourth-order valence-corrected chi connectivity index (χ4v) is 6.05. The molecule has 0 radical (unpaired) electrons. The molecule has 0 aliphatic rings. The number of rotatable bonds is 30. The lowest BCUT2D eigenvalue weighted by molar-refractivity contribution is -0.934. The lowest BCUT2D eigenvalue weighted by Gasteiger charge is -2.43. The van der Waals surface area contributed by atoms with Crippen LogP contribution in [0.5, 0.6) is 0 Å². The van der Waals surface area contributed by atoms with E-state index in [-0.39, 0.29) is 24.1 Å². The Morgan fingerprint density at radius 2 is 0.905 bits per heavy atom. The van der Waals surface area contributed by atoms with Crippen LogP contribution in [0.3, 0.4) is 0 Å². The highest BCUT2D eigenvalue weighted by Gasteiger charge is 2.36. The first-order valence-corrected chi connectivity index (χ1v) is 17.2. The summed E-state index contributed by atoms with van der Waals surface area (Å²) in [4.78, 5) is 34.8. The van der Waals surface area contributed by atoms with Gasteiger partial charge in [0, 0.05) is 11.9 Å². The second-order valence-corrected chi connectivity index (χ2v) is 13.0.